The first-order chi connectivity index (χ1) is 12.3. The average Bonchev–Trinajstić information content (AvgIpc) is 3.07. The van der Waals surface area contributed by atoms with Gasteiger partial charge in [-0.3, -0.25) is 0 Å². The summed E-state index contributed by atoms with van der Waals surface area (Å²) in [4.78, 5) is 14.4. The Balaban J connectivity index is 1.83. The van der Waals surface area contributed by atoms with Crippen molar-refractivity contribution in [2.75, 3.05) is 17.6 Å². The van der Waals surface area contributed by atoms with Crippen LogP contribution in [0.5, 0.6) is 0 Å². The second-order valence-electron chi connectivity index (χ2n) is 6.24. The molecule has 26 heavy (non-hydrogen) atoms. The molecule has 3 rings (SSSR count). The molecule has 1 N–H and O–H groups in total. The number of halogens is 3. The monoisotopic (exact) mass is 380 g/mol. The summed E-state index contributed by atoms with van der Waals surface area (Å²) in [5.41, 5.74) is 2.43. The molecule has 2 amide bonds. The summed E-state index contributed by atoms with van der Waals surface area (Å²) in [5.74, 6) is 0.682. The van der Waals surface area contributed by atoms with E-state index < -0.39 is 17.1 Å². The van der Waals surface area contributed by atoms with Gasteiger partial charge in [-0.05, 0) is 42.7 Å². The molecule has 1 saturated heterocycles. The van der Waals surface area contributed by atoms with Crippen LogP contribution in [0.1, 0.15) is 27.6 Å². The van der Waals surface area contributed by atoms with Gasteiger partial charge in [0.2, 0.25) is 0 Å². The number of carbonyl (C=O) groups excluding carboxylic acids is 1. The average molecular weight is 380 g/mol. The molecule has 2 aromatic carbocycles. The van der Waals surface area contributed by atoms with Crippen LogP contribution in [-0.4, -0.2) is 23.2 Å². The number of amides is 2. The molecule has 0 saturated carbocycles. The van der Waals surface area contributed by atoms with E-state index in [1.165, 1.54) is 17.8 Å². The van der Waals surface area contributed by atoms with Crippen molar-refractivity contribution in [3.8, 4) is 0 Å². The van der Waals surface area contributed by atoms with Crippen molar-refractivity contribution in [3.05, 3.63) is 64.7 Å². The minimum absolute atomic E-state index is 0.296. The second-order valence-corrected chi connectivity index (χ2v) is 7.42. The highest BCUT2D eigenvalue weighted by molar-refractivity contribution is 7.99. The highest BCUT2D eigenvalue weighted by Crippen LogP contribution is 2.40. The van der Waals surface area contributed by atoms with Gasteiger partial charge in [-0.15, -0.1) is 11.8 Å². The Morgan fingerprint density at radius 2 is 1.81 bits per heavy atom. The Hall–Kier alpha value is -2.15. The van der Waals surface area contributed by atoms with Crippen LogP contribution in [0.2, 0.25) is 0 Å². The third-order valence-corrected chi connectivity index (χ3v) is 5.62. The number of nitrogens with one attached hydrogen (secondary N) is 1. The number of urea groups is 1. The Labute approximate surface area is 154 Å². The summed E-state index contributed by atoms with van der Waals surface area (Å²) in [6.07, 6.45) is -4.40. The number of carbonyl (C=O) groups is 1. The van der Waals surface area contributed by atoms with Crippen molar-refractivity contribution < 1.29 is 18.0 Å². The molecule has 0 unspecified atom stereocenters. The van der Waals surface area contributed by atoms with Crippen molar-refractivity contribution in [1.82, 2.24) is 4.90 Å². The van der Waals surface area contributed by atoms with Crippen LogP contribution in [0.15, 0.2) is 42.5 Å². The molecule has 138 valence electrons. The van der Waals surface area contributed by atoms with E-state index in [9.17, 15) is 18.0 Å². The van der Waals surface area contributed by atoms with Gasteiger partial charge in [0.05, 0.1) is 5.56 Å². The molecule has 7 heteroatoms. The van der Waals surface area contributed by atoms with E-state index >= 15 is 0 Å². The highest BCUT2D eigenvalue weighted by atomic mass is 32.2. The number of anilines is 1. The molecule has 1 atom stereocenters. The zero-order chi connectivity index (χ0) is 18.9. The van der Waals surface area contributed by atoms with Crippen LogP contribution in [0.25, 0.3) is 0 Å². The lowest BCUT2D eigenvalue weighted by Crippen LogP contribution is -2.34. The number of benzene rings is 2. The lowest BCUT2D eigenvalue weighted by molar-refractivity contribution is -0.137. The number of rotatable bonds is 2. The van der Waals surface area contributed by atoms with Crippen molar-refractivity contribution in [2.45, 2.75) is 25.4 Å². The number of aryl methyl sites for hydroxylation is 2. The Morgan fingerprint density at radius 1 is 1.15 bits per heavy atom. The number of hydrogen-bond acceptors (Lipinski definition) is 2. The SMILES string of the molecule is Cc1cccc(C)c1NC(=O)N1CCS[C@H]1c1cccc(C(F)(F)F)c1. The fraction of sp³-hybridized carbons (Fsp3) is 0.316. The van der Waals surface area contributed by atoms with E-state index in [1.807, 2.05) is 32.0 Å². The molecule has 0 spiro atoms. The van der Waals surface area contributed by atoms with Crippen LogP contribution >= 0.6 is 11.8 Å². The minimum atomic E-state index is -4.40. The van der Waals surface area contributed by atoms with Gasteiger partial charge in [0.1, 0.15) is 5.37 Å². The summed E-state index contributed by atoms with van der Waals surface area (Å²) in [7, 11) is 0. The fourth-order valence-corrected chi connectivity index (χ4v) is 4.26. The maximum absolute atomic E-state index is 13.0. The van der Waals surface area contributed by atoms with Gasteiger partial charge < -0.3 is 10.2 Å². The van der Waals surface area contributed by atoms with Gasteiger partial charge in [0.15, 0.2) is 0 Å². The maximum Gasteiger partial charge on any atom is 0.416 e. The van der Waals surface area contributed by atoms with E-state index in [2.05, 4.69) is 5.32 Å². The first kappa shape index (κ1) is 18.6. The first-order valence-corrected chi connectivity index (χ1v) is 9.25. The van der Waals surface area contributed by atoms with Gasteiger partial charge in [0, 0.05) is 18.0 Å². The molecule has 1 aliphatic heterocycles. The molecule has 1 aliphatic rings. The standard InChI is InChI=1S/C19H19F3N2OS/c1-12-5-3-6-13(2)16(12)23-18(25)24-9-10-26-17(24)14-7-4-8-15(11-14)19(20,21)22/h3-8,11,17H,9-10H2,1-2H3,(H,23,25)/t17-/m0/s1. The summed E-state index contributed by atoms with van der Waals surface area (Å²) in [5, 5.41) is 2.49. The van der Waals surface area contributed by atoms with E-state index in [1.54, 1.807) is 11.0 Å². The second kappa shape index (κ2) is 7.23. The van der Waals surface area contributed by atoms with Crippen LogP contribution in [0.4, 0.5) is 23.7 Å². The predicted octanol–water partition coefficient (Wildman–Crippen LogP) is 5.60. The van der Waals surface area contributed by atoms with Crippen molar-refractivity contribution in [3.63, 3.8) is 0 Å². The quantitative estimate of drug-likeness (QED) is 0.735. The topological polar surface area (TPSA) is 32.3 Å². The van der Waals surface area contributed by atoms with Crippen LogP contribution < -0.4 is 5.32 Å². The van der Waals surface area contributed by atoms with Crippen molar-refractivity contribution >= 4 is 23.5 Å². The normalized spacial score (nSPS) is 17.4. The van der Waals surface area contributed by atoms with E-state index in [4.69, 9.17) is 0 Å². The third kappa shape index (κ3) is 3.82. The minimum Gasteiger partial charge on any atom is -0.308 e. The lowest BCUT2D eigenvalue weighted by atomic mass is 10.1. The molecule has 1 fully saturated rings. The Kier molecular flexibility index (Phi) is 5.18. The smallest absolute Gasteiger partial charge is 0.308 e. The highest BCUT2D eigenvalue weighted by Gasteiger charge is 2.34. The van der Waals surface area contributed by atoms with Crippen LogP contribution in [-0.2, 0) is 6.18 Å². The van der Waals surface area contributed by atoms with Gasteiger partial charge in [-0.25, -0.2) is 4.79 Å². The first-order valence-electron chi connectivity index (χ1n) is 8.20. The molecule has 0 aliphatic carbocycles. The van der Waals surface area contributed by atoms with Gasteiger partial charge in [0.25, 0.3) is 0 Å². The van der Waals surface area contributed by atoms with Gasteiger partial charge in [-0.1, -0.05) is 30.3 Å². The number of para-hydroxylation sites is 1. The zero-order valence-corrected chi connectivity index (χ0v) is 15.2. The molecule has 0 aromatic heterocycles. The Morgan fingerprint density at radius 3 is 2.46 bits per heavy atom. The maximum atomic E-state index is 13.0. The van der Waals surface area contributed by atoms with Crippen molar-refractivity contribution in [1.29, 1.82) is 0 Å². The number of thioether (sulfide) groups is 1. The van der Waals surface area contributed by atoms with E-state index in [-0.39, 0.29) is 6.03 Å². The van der Waals surface area contributed by atoms with E-state index in [0.29, 0.717) is 17.9 Å². The molecule has 0 radical (unpaired) electrons. The van der Waals surface area contributed by atoms with Gasteiger partial charge >= 0.3 is 12.2 Å². The molecular weight excluding hydrogens is 361 g/mol. The molecule has 1 heterocycles. The lowest BCUT2D eigenvalue weighted by Gasteiger charge is -2.25. The molecular formula is C19H19F3N2OS. The van der Waals surface area contributed by atoms with Gasteiger partial charge in [-0.2, -0.15) is 13.2 Å². The summed E-state index contributed by atoms with van der Waals surface area (Å²) >= 11 is 1.47. The summed E-state index contributed by atoms with van der Waals surface area (Å²) < 4.78 is 39.0. The Bertz CT molecular complexity index is 802. The number of hydrogen-bond donors (Lipinski definition) is 1. The number of alkyl halides is 3. The van der Waals surface area contributed by atoms with E-state index in [0.717, 1.165) is 28.9 Å². The predicted molar refractivity (Wildman–Crippen MR) is 98.3 cm³/mol. The number of nitrogens with zero attached hydrogens (tertiary/aromatic N) is 1. The zero-order valence-electron chi connectivity index (χ0n) is 14.4. The van der Waals surface area contributed by atoms with Crippen LogP contribution in [0, 0.1) is 13.8 Å². The largest absolute Gasteiger partial charge is 0.416 e. The summed E-state index contributed by atoms with van der Waals surface area (Å²) in [6.45, 7) is 4.31. The molecule has 0 bridgehead atoms. The van der Waals surface area contributed by atoms with Crippen molar-refractivity contribution in [2.24, 2.45) is 0 Å². The summed E-state index contributed by atoms with van der Waals surface area (Å²) in [6, 6.07) is 10.6. The molecule has 2 aromatic rings. The van der Waals surface area contributed by atoms with Crippen LogP contribution in [0.3, 0.4) is 0 Å². The third-order valence-electron chi connectivity index (χ3n) is 4.36. The fourth-order valence-electron chi connectivity index (χ4n) is 3.01. The molecule has 3 nitrogen and oxygen atoms in total.